The molecule has 4 rings (SSSR count). The fraction of sp³-hybridized carbons (Fsp3) is 0.348. The van der Waals surface area contributed by atoms with E-state index in [0.717, 1.165) is 48.2 Å². The molecule has 3 aromatic rings. The summed E-state index contributed by atoms with van der Waals surface area (Å²) in [5.74, 6) is 1.43. The van der Waals surface area contributed by atoms with Crippen LogP contribution in [-0.2, 0) is 11.3 Å². The number of pyridine rings is 1. The molecule has 2 heterocycles. The minimum absolute atomic E-state index is 0.297. The topological polar surface area (TPSA) is 52.6 Å². The zero-order valence-corrected chi connectivity index (χ0v) is 17.0. The van der Waals surface area contributed by atoms with Crippen molar-refractivity contribution in [3.63, 3.8) is 0 Å². The summed E-state index contributed by atoms with van der Waals surface area (Å²) in [6.07, 6.45) is 2.55. The smallest absolute Gasteiger partial charge is 0.218 e. The molecule has 5 nitrogen and oxygen atoms in total. The maximum absolute atomic E-state index is 6.13. The molecule has 152 valence electrons. The molecule has 1 aliphatic heterocycles. The number of nitrogens with zero attached hydrogens (tertiary/aromatic N) is 1. The first-order valence-corrected chi connectivity index (χ1v) is 10.4. The molecule has 0 radical (unpaired) electrons. The van der Waals surface area contributed by atoms with E-state index in [0.29, 0.717) is 36.8 Å². The standard InChI is InChI=1S/C23H25ClN2O3/c24-19-9-8-17-13-18(15-25-16-21-7-4-10-27-21)23(26-22(17)14-19)29-12-11-28-20-5-2-1-3-6-20/h1-3,5-6,8-9,13-14,21,25H,4,7,10-12,15-16H2. The summed E-state index contributed by atoms with van der Waals surface area (Å²) in [7, 11) is 0. The van der Waals surface area contributed by atoms with E-state index in [1.165, 1.54) is 0 Å². The van der Waals surface area contributed by atoms with Crippen LogP contribution in [0.3, 0.4) is 0 Å². The van der Waals surface area contributed by atoms with Crippen LogP contribution >= 0.6 is 11.6 Å². The number of aromatic nitrogens is 1. The Morgan fingerprint density at radius 1 is 1.07 bits per heavy atom. The van der Waals surface area contributed by atoms with Gasteiger partial charge < -0.3 is 19.5 Å². The Morgan fingerprint density at radius 3 is 2.76 bits per heavy atom. The number of hydrogen-bond acceptors (Lipinski definition) is 5. The Kier molecular flexibility index (Phi) is 6.83. The van der Waals surface area contributed by atoms with Gasteiger partial charge in [-0.25, -0.2) is 4.98 Å². The van der Waals surface area contributed by atoms with Crippen molar-refractivity contribution in [2.75, 3.05) is 26.4 Å². The van der Waals surface area contributed by atoms with Crippen LogP contribution in [0.5, 0.6) is 11.6 Å². The molecule has 2 aromatic carbocycles. The lowest BCUT2D eigenvalue weighted by Gasteiger charge is -2.15. The number of nitrogens with one attached hydrogen (secondary N) is 1. The second-order valence-electron chi connectivity index (χ2n) is 7.07. The van der Waals surface area contributed by atoms with Gasteiger partial charge in [-0.15, -0.1) is 0 Å². The van der Waals surface area contributed by atoms with Gasteiger partial charge in [-0.1, -0.05) is 35.9 Å². The summed E-state index contributed by atoms with van der Waals surface area (Å²) >= 11 is 6.13. The molecule has 0 saturated carbocycles. The summed E-state index contributed by atoms with van der Waals surface area (Å²) in [5.41, 5.74) is 1.83. The summed E-state index contributed by atoms with van der Waals surface area (Å²) in [6.45, 7) is 3.21. The average Bonchev–Trinajstić information content (AvgIpc) is 3.26. The predicted molar refractivity (Wildman–Crippen MR) is 115 cm³/mol. The first kappa shape index (κ1) is 20.0. The molecule has 0 spiro atoms. The van der Waals surface area contributed by atoms with Crippen LogP contribution in [0, 0.1) is 0 Å². The minimum Gasteiger partial charge on any atom is -0.490 e. The lowest BCUT2D eigenvalue weighted by molar-refractivity contribution is 0.110. The van der Waals surface area contributed by atoms with E-state index >= 15 is 0 Å². The molecule has 1 saturated heterocycles. The molecule has 29 heavy (non-hydrogen) atoms. The first-order chi connectivity index (χ1) is 14.3. The fourth-order valence-electron chi connectivity index (χ4n) is 3.41. The molecule has 0 amide bonds. The zero-order chi connectivity index (χ0) is 19.9. The maximum atomic E-state index is 6.13. The monoisotopic (exact) mass is 412 g/mol. The molecule has 0 bridgehead atoms. The molecule has 0 aliphatic carbocycles. The number of rotatable bonds is 9. The molecular formula is C23H25ClN2O3. The van der Waals surface area contributed by atoms with Crippen molar-refractivity contribution >= 4 is 22.5 Å². The van der Waals surface area contributed by atoms with Crippen molar-refractivity contribution in [3.8, 4) is 11.6 Å². The number of hydrogen-bond donors (Lipinski definition) is 1. The SMILES string of the molecule is Clc1ccc2cc(CNCC3CCCO3)c(OCCOc3ccccc3)nc2c1. The van der Waals surface area contributed by atoms with Crippen LogP contribution in [-0.4, -0.2) is 37.5 Å². The molecule has 1 unspecified atom stereocenters. The van der Waals surface area contributed by atoms with E-state index in [-0.39, 0.29) is 0 Å². The quantitative estimate of drug-likeness (QED) is 0.520. The summed E-state index contributed by atoms with van der Waals surface area (Å²) in [6, 6.07) is 17.5. The third-order valence-electron chi connectivity index (χ3n) is 4.86. The number of para-hydroxylation sites is 1. The fourth-order valence-corrected chi connectivity index (χ4v) is 3.57. The van der Waals surface area contributed by atoms with Crippen molar-refractivity contribution in [3.05, 3.63) is 65.2 Å². The van der Waals surface area contributed by atoms with Crippen LogP contribution in [0.4, 0.5) is 0 Å². The van der Waals surface area contributed by atoms with Crippen LogP contribution < -0.4 is 14.8 Å². The van der Waals surface area contributed by atoms with Gasteiger partial charge in [0.05, 0.1) is 11.6 Å². The van der Waals surface area contributed by atoms with E-state index < -0.39 is 0 Å². The number of fused-ring (bicyclic) bond motifs is 1. The second-order valence-corrected chi connectivity index (χ2v) is 7.50. The van der Waals surface area contributed by atoms with E-state index in [1.54, 1.807) is 0 Å². The van der Waals surface area contributed by atoms with Gasteiger partial charge in [0, 0.05) is 35.7 Å². The molecule has 1 fully saturated rings. The third kappa shape index (κ3) is 5.60. The molecule has 1 N–H and O–H groups in total. The maximum Gasteiger partial charge on any atom is 0.218 e. The Bertz CT molecular complexity index is 930. The molecule has 1 aromatic heterocycles. The molecular weight excluding hydrogens is 388 g/mol. The van der Waals surface area contributed by atoms with Crippen molar-refractivity contribution in [1.29, 1.82) is 0 Å². The average molecular weight is 413 g/mol. The summed E-state index contributed by atoms with van der Waals surface area (Å²) in [5, 5.41) is 5.17. The molecule has 6 heteroatoms. The number of benzene rings is 2. The van der Waals surface area contributed by atoms with Gasteiger partial charge in [0.15, 0.2) is 0 Å². The van der Waals surface area contributed by atoms with Crippen LogP contribution in [0.2, 0.25) is 5.02 Å². The van der Waals surface area contributed by atoms with E-state index in [4.69, 9.17) is 30.8 Å². The molecule has 1 aliphatic rings. The molecule has 1 atom stereocenters. The normalized spacial score (nSPS) is 16.2. The van der Waals surface area contributed by atoms with Crippen molar-refractivity contribution in [2.45, 2.75) is 25.5 Å². The van der Waals surface area contributed by atoms with Gasteiger partial charge in [0.25, 0.3) is 0 Å². The van der Waals surface area contributed by atoms with Crippen LogP contribution in [0.1, 0.15) is 18.4 Å². The lowest BCUT2D eigenvalue weighted by Crippen LogP contribution is -2.26. The summed E-state index contributed by atoms with van der Waals surface area (Å²) in [4.78, 5) is 4.70. The Labute approximate surface area is 175 Å². The van der Waals surface area contributed by atoms with Crippen molar-refractivity contribution < 1.29 is 14.2 Å². The minimum atomic E-state index is 0.297. The van der Waals surface area contributed by atoms with Gasteiger partial charge in [0.1, 0.15) is 19.0 Å². The van der Waals surface area contributed by atoms with E-state index in [2.05, 4.69) is 11.4 Å². The third-order valence-corrected chi connectivity index (χ3v) is 5.10. The van der Waals surface area contributed by atoms with Crippen molar-refractivity contribution in [2.24, 2.45) is 0 Å². The van der Waals surface area contributed by atoms with Gasteiger partial charge in [-0.2, -0.15) is 0 Å². The largest absolute Gasteiger partial charge is 0.490 e. The second kappa shape index (κ2) is 9.92. The van der Waals surface area contributed by atoms with Crippen LogP contribution in [0.15, 0.2) is 54.6 Å². The highest BCUT2D eigenvalue weighted by molar-refractivity contribution is 6.31. The van der Waals surface area contributed by atoms with Crippen molar-refractivity contribution in [1.82, 2.24) is 10.3 Å². The van der Waals surface area contributed by atoms with E-state index in [9.17, 15) is 0 Å². The zero-order valence-electron chi connectivity index (χ0n) is 16.3. The Hall–Kier alpha value is -2.34. The van der Waals surface area contributed by atoms with Gasteiger partial charge in [-0.3, -0.25) is 0 Å². The van der Waals surface area contributed by atoms with Gasteiger partial charge in [-0.05, 0) is 43.2 Å². The predicted octanol–water partition coefficient (Wildman–Crippen LogP) is 4.61. The number of ether oxygens (including phenoxy) is 3. The van der Waals surface area contributed by atoms with E-state index in [1.807, 2.05) is 48.5 Å². The van der Waals surface area contributed by atoms with Gasteiger partial charge >= 0.3 is 0 Å². The first-order valence-electron chi connectivity index (χ1n) is 10.00. The summed E-state index contributed by atoms with van der Waals surface area (Å²) < 4.78 is 17.4. The van der Waals surface area contributed by atoms with Gasteiger partial charge in [0.2, 0.25) is 5.88 Å². The van der Waals surface area contributed by atoms with Crippen LogP contribution in [0.25, 0.3) is 10.9 Å². The lowest BCUT2D eigenvalue weighted by atomic mass is 10.1. The highest BCUT2D eigenvalue weighted by Gasteiger charge is 2.15. The Balaban J connectivity index is 1.42. The Morgan fingerprint density at radius 2 is 1.93 bits per heavy atom. The number of halogens is 1. The highest BCUT2D eigenvalue weighted by Crippen LogP contribution is 2.25. The highest BCUT2D eigenvalue weighted by atomic mass is 35.5.